The van der Waals surface area contributed by atoms with Crippen molar-refractivity contribution in [3.8, 4) is 5.75 Å². The van der Waals surface area contributed by atoms with Crippen molar-refractivity contribution in [1.82, 2.24) is 4.90 Å². The molecule has 0 aliphatic carbocycles. The third-order valence-corrected chi connectivity index (χ3v) is 4.64. The quantitative estimate of drug-likeness (QED) is 0.401. The minimum atomic E-state index is -0.817. The summed E-state index contributed by atoms with van der Waals surface area (Å²) in [7, 11) is 0. The van der Waals surface area contributed by atoms with Gasteiger partial charge in [0.05, 0.1) is 30.7 Å². The van der Waals surface area contributed by atoms with Gasteiger partial charge < -0.3 is 23.9 Å². The van der Waals surface area contributed by atoms with Crippen molar-refractivity contribution in [2.45, 2.75) is 45.9 Å². The fraction of sp³-hybridized carbons (Fsp3) is 0.391. The first-order chi connectivity index (χ1) is 14.3. The van der Waals surface area contributed by atoms with Crippen LogP contribution in [-0.2, 0) is 14.3 Å². The molecular weight excluding hydrogens is 386 g/mol. The summed E-state index contributed by atoms with van der Waals surface area (Å²) in [5.74, 6) is -0.639. The van der Waals surface area contributed by atoms with Crippen molar-refractivity contribution >= 4 is 17.4 Å². The zero-order chi connectivity index (χ0) is 21.8. The number of Topliss-reactive ketones (excluding diaryl/α,β-unsaturated/α-hetero) is 1. The Hall–Kier alpha value is -3.06. The number of ketones is 1. The Morgan fingerprint density at radius 3 is 2.37 bits per heavy atom. The number of furan rings is 1. The first-order valence-electron chi connectivity index (χ1n) is 10.00. The predicted molar refractivity (Wildman–Crippen MR) is 111 cm³/mol. The van der Waals surface area contributed by atoms with Gasteiger partial charge in [0, 0.05) is 12.1 Å². The van der Waals surface area contributed by atoms with Gasteiger partial charge in [0.25, 0.3) is 11.7 Å². The molecule has 30 heavy (non-hydrogen) atoms. The van der Waals surface area contributed by atoms with E-state index >= 15 is 0 Å². The number of amides is 1. The molecule has 1 N–H and O–H groups in total. The van der Waals surface area contributed by atoms with E-state index in [4.69, 9.17) is 13.9 Å². The maximum Gasteiger partial charge on any atom is 0.295 e. The number of likely N-dealkylation sites (tertiary alicyclic amines) is 1. The number of hydrogen-bond acceptors (Lipinski definition) is 6. The number of benzene rings is 1. The van der Waals surface area contributed by atoms with Gasteiger partial charge in [0.15, 0.2) is 0 Å². The Morgan fingerprint density at radius 1 is 1.10 bits per heavy atom. The maximum absolute atomic E-state index is 12.8. The number of nitrogens with zero attached hydrogens (tertiary/aromatic N) is 1. The molecule has 1 saturated heterocycles. The Kier molecular flexibility index (Phi) is 6.62. The average Bonchev–Trinajstić information content (AvgIpc) is 3.30. The first-order valence-corrected chi connectivity index (χ1v) is 10.00. The maximum atomic E-state index is 12.8. The summed E-state index contributed by atoms with van der Waals surface area (Å²) in [6.45, 7) is 8.09. The summed E-state index contributed by atoms with van der Waals surface area (Å²) >= 11 is 0. The minimum Gasteiger partial charge on any atom is -0.507 e. The Bertz CT molecular complexity index is 912. The normalized spacial score (nSPS) is 18.6. The van der Waals surface area contributed by atoms with Crippen LogP contribution >= 0.6 is 0 Å². The molecule has 1 aliphatic heterocycles. The molecule has 0 bridgehead atoms. The zero-order valence-corrected chi connectivity index (χ0v) is 17.6. The second-order valence-corrected chi connectivity index (χ2v) is 7.62. The van der Waals surface area contributed by atoms with Crippen molar-refractivity contribution < 1.29 is 28.6 Å². The Labute approximate surface area is 175 Å². The van der Waals surface area contributed by atoms with Gasteiger partial charge in [-0.25, -0.2) is 0 Å². The summed E-state index contributed by atoms with van der Waals surface area (Å²) in [5.41, 5.74) is 0.413. The van der Waals surface area contributed by atoms with E-state index in [9.17, 15) is 14.7 Å². The highest BCUT2D eigenvalue weighted by atomic mass is 16.5. The van der Waals surface area contributed by atoms with Crippen molar-refractivity contribution in [3.63, 3.8) is 0 Å². The van der Waals surface area contributed by atoms with Crippen LogP contribution in [0.3, 0.4) is 0 Å². The van der Waals surface area contributed by atoms with E-state index in [1.807, 2.05) is 27.7 Å². The number of aliphatic hydroxyl groups is 1. The molecular formula is C23H27NO6. The van der Waals surface area contributed by atoms with Gasteiger partial charge in [-0.3, -0.25) is 9.59 Å². The van der Waals surface area contributed by atoms with E-state index in [2.05, 4.69) is 0 Å². The number of ether oxygens (including phenoxy) is 2. The molecule has 0 radical (unpaired) electrons. The van der Waals surface area contributed by atoms with Crippen molar-refractivity contribution in [1.29, 1.82) is 0 Å². The predicted octanol–water partition coefficient (Wildman–Crippen LogP) is 3.91. The van der Waals surface area contributed by atoms with Crippen LogP contribution in [0.25, 0.3) is 5.76 Å². The summed E-state index contributed by atoms with van der Waals surface area (Å²) in [4.78, 5) is 26.9. The van der Waals surface area contributed by atoms with Crippen LogP contribution in [0, 0.1) is 0 Å². The fourth-order valence-corrected chi connectivity index (χ4v) is 3.36. The SMILES string of the molecule is CC(C)OCCN1C(=O)C(=O)/C(=C(\O)c2ccc(OC(C)C)cc2)C1c1ccco1. The molecule has 7 heteroatoms. The summed E-state index contributed by atoms with van der Waals surface area (Å²) in [6.07, 6.45) is 1.48. The van der Waals surface area contributed by atoms with Crippen LogP contribution in [0.2, 0.25) is 0 Å². The average molecular weight is 413 g/mol. The molecule has 3 rings (SSSR count). The van der Waals surface area contributed by atoms with Gasteiger partial charge in [-0.2, -0.15) is 0 Å². The minimum absolute atomic E-state index is 0.00275. The third-order valence-electron chi connectivity index (χ3n) is 4.64. The number of rotatable bonds is 8. The van der Waals surface area contributed by atoms with E-state index < -0.39 is 17.7 Å². The van der Waals surface area contributed by atoms with Crippen molar-refractivity contribution in [3.05, 3.63) is 59.6 Å². The molecule has 1 amide bonds. The van der Waals surface area contributed by atoms with Crippen LogP contribution in [0.4, 0.5) is 0 Å². The van der Waals surface area contributed by atoms with Crippen LogP contribution in [0.15, 0.2) is 52.7 Å². The molecule has 2 aromatic rings. The molecule has 2 heterocycles. The van der Waals surface area contributed by atoms with E-state index in [1.54, 1.807) is 36.4 Å². The van der Waals surface area contributed by atoms with Gasteiger partial charge in [0.2, 0.25) is 0 Å². The first kappa shape index (κ1) is 21.6. The molecule has 7 nitrogen and oxygen atoms in total. The Morgan fingerprint density at radius 2 is 1.80 bits per heavy atom. The van der Waals surface area contributed by atoms with Crippen molar-refractivity contribution in [2.24, 2.45) is 0 Å². The van der Waals surface area contributed by atoms with Crippen LogP contribution in [0.1, 0.15) is 45.1 Å². The largest absolute Gasteiger partial charge is 0.507 e. The lowest BCUT2D eigenvalue weighted by molar-refractivity contribution is -0.140. The highest BCUT2D eigenvalue weighted by Gasteiger charge is 2.47. The van der Waals surface area contributed by atoms with Gasteiger partial charge in [-0.1, -0.05) is 0 Å². The monoisotopic (exact) mass is 413 g/mol. The number of aliphatic hydroxyl groups excluding tert-OH is 1. The fourth-order valence-electron chi connectivity index (χ4n) is 3.36. The molecule has 1 aliphatic rings. The Balaban J connectivity index is 1.97. The lowest BCUT2D eigenvalue weighted by atomic mass is 9.99. The van der Waals surface area contributed by atoms with Crippen LogP contribution in [0.5, 0.6) is 5.75 Å². The second kappa shape index (κ2) is 9.17. The smallest absolute Gasteiger partial charge is 0.295 e. The van der Waals surface area contributed by atoms with Gasteiger partial charge in [-0.05, 0) is 64.1 Å². The number of carbonyl (C=O) groups is 2. The number of hydrogen-bond donors (Lipinski definition) is 1. The lowest BCUT2D eigenvalue weighted by Gasteiger charge is -2.23. The summed E-state index contributed by atoms with van der Waals surface area (Å²) in [5, 5.41) is 10.9. The van der Waals surface area contributed by atoms with E-state index in [1.165, 1.54) is 11.2 Å². The van der Waals surface area contributed by atoms with Gasteiger partial charge >= 0.3 is 0 Å². The molecule has 1 aromatic carbocycles. The molecule has 1 fully saturated rings. The summed E-state index contributed by atoms with van der Waals surface area (Å²) < 4.78 is 16.7. The van der Waals surface area contributed by atoms with E-state index in [0.717, 1.165) is 0 Å². The zero-order valence-electron chi connectivity index (χ0n) is 17.6. The topological polar surface area (TPSA) is 89.2 Å². The van der Waals surface area contributed by atoms with Crippen LogP contribution < -0.4 is 4.74 Å². The molecule has 0 saturated carbocycles. The molecule has 1 atom stereocenters. The molecule has 160 valence electrons. The number of carbonyl (C=O) groups excluding carboxylic acids is 2. The molecule has 0 spiro atoms. The van der Waals surface area contributed by atoms with E-state index in [0.29, 0.717) is 17.1 Å². The highest BCUT2D eigenvalue weighted by Crippen LogP contribution is 2.39. The molecule has 1 unspecified atom stereocenters. The third kappa shape index (κ3) is 4.57. The van der Waals surface area contributed by atoms with Crippen LogP contribution in [-0.4, -0.2) is 47.1 Å². The van der Waals surface area contributed by atoms with Gasteiger partial charge in [-0.15, -0.1) is 0 Å². The van der Waals surface area contributed by atoms with Gasteiger partial charge in [0.1, 0.15) is 23.3 Å². The highest BCUT2D eigenvalue weighted by molar-refractivity contribution is 6.46. The lowest BCUT2D eigenvalue weighted by Crippen LogP contribution is -2.33. The standard InChI is InChI=1S/C23H27NO6/c1-14(2)28-13-11-24-20(18-6-5-12-29-18)19(22(26)23(24)27)21(25)16-7-9-17(10-8-16)30-15(3)4/h5-10,12,14-15,20,25H,11,13H2,1-4H3/b21-19-. The van der Waals surface area contributed by atoms with E-state index in [-0.39, 0.29) is 36.7 Å². The summed E-state index contributed by atoms with van der Waals surface area (Å²) in [6, 6.07) is 9.27. The molecule has 1 aromatic heterocycles. The van der Waals surface area contributed by atoms with Crippen molar-refractivity contribution in [2.75, 3.05) is 13.2 Å². The second-order valence-electron chi connectivity index (χ2n) is 7.62.